The average Bonchev–Trinajstić information content (AvgIpc) is 3.05. The molecule has 3 rings (SSSR count). The number of hydrogen-bond acceptors (Lipinski definition) is 3. The van der Waals surface area contributed by atoms with Gasteiger partial charge in [0, 0.05) is 39.3 Å². The lowest BCUT2D eigenvalue weighted by Gasteiger charge is -2.31. The van der Waals surface area contributed by atoms with Crippen molar-refractivity contribution in [2.45, 2.75) is 39.0 Å². The maximum atomic E-state index is 12.6. The van der Waals surface area contributed by atoms with Gasteiger partial charge in [-0.05, 0) is 55.7 Å². The van der Waals surface area contributed by atoms with Gasteiger partial charge in [-0.2, -0.15) is 5.10 Å². The van der Waals surface area contributed by atoms with E-state index in [1.807, 2.05) is 24.9 Å². The molecule has 2 aromatic rings. The lowest BCUT2D eigenvalue weighted by Crippen LogP contribution is -2.39. The van der Waals surface area contributed by atoms with Crippen LogP contribution in [0.4, 0.5) is 0 Å². The summed E-state index contributed by atoms with van der Waals surface area (Å²) in [6.45, 7) is 3.55. The summed E-state index contributed by atoms with van der Waals surface area (Å²) in [5.74, 6) is 0.722. The second kappa shape index (κ2) is 9.04. The summed E-state index contributed by atoms with van der Waals surface area (Å²) >= 11 is 0. The molecule has 1 N–H and O–H groups in total. The number of likely N-dealkylation sites (tertiary alicyclic amines) is 1. The molecule has 0 unspecified atom stereocenters. The van der Waals surface area contributed by atoms with Gasteiger partial charge in [0.2, 0.25) is 5.91 Å². The van der Waals surface area contributed by atoms with E-state index in [0.717, 1.165) is 44.5 Å². The Labute approximate surface area is 166 Å². The monoisotopic (exact) mass is 382 g/mol. The highest BCUT2D eigenvalue weighted by molar-refractivity contribution is 5.92. The number of nitrogens with one attached hydrogen (secondary N) is 1. The van der Waals surface area contributed by atoms with Gasteiger partial charge in [-0.25, -0.2) is 0 Å². The summed E-state index contributed by atoms with van der Waals surface area (Å²) in [4.78, 5) is 25.9. The van der Waals surface area contributed by atoms with Crippen molar-refractivity contribution in [3.63, 3.8) is 0 Å². The van der Waals surface area contributed by atoms with Crippen LogP contribution in [0.15, 0.2) is 30.3 Å². The van der Waals surface area contributed by atoms with Crippen LogP contribution in [0.25, 0.3) is 0 Å². The Hall–Kier alpha value is -2.63. The minimum atomic E-state index is 0.0441. The molecule has 0 radical (unpaired) electrons. The van der Waals surface area contributed by atoms with Crippen LogP contribution < -0.4 is 5.32 Å². The Morgan fingerprint density at radius 1 is 1.14 bits per heavy atom. The standard InChI is InChI=1S/C22H30N4O2/c1-16-14-20(24-25(16)3)22(28)26-12-10-19(11-13-26)15-18-6-4-17(5-7-18)8-9-21(27)23-2/h4-7,14,19H,8-13,15H2,1-3H3,(H,23,27). The van der Waals surface area contributed by atoms with Gasteiger partial charge in [0.1, 0.15) is 0 Å². The van der Waals surface area contributed by atoms with Crippen molar-refractivity contribution in [3.05, 3.63) is 52.8 Å². The summed E-state index contributed by atoms with van der Waals surface area (Å²) in [7, 11) is 3.53. The Balaban J connectivity index is 1.47. The average molecular weight is 383 g/mol. The van der Waals surface area contributed by atoms with Gasteiger partial charge in [-0.1, -0.05) is 24.3 Å². The molecule has 0 spiro atoms. The predicted molar refractivity (Wildman–Crippen MR) is 109 cm³/mol. The number of amides is 2. The molecule has 150 valence electrons. The van der Waals surface area contributed by atoms with Crippen LogP contribution in [0.2, 0.25) is 0 Å². The molecule has 2 heterocycles. The molecular formula is C22H30N4O2. The second-order valence-corrected chi connectivity index (χ2v) is 7.72. The molecule has 0 atom stereocenters. The number of aryl methyl sites for hydroxylation is 3. The van der Waals surface area contributed by atoms with Crippen LogP contribution >= 0.6 is 0 Å². The predicted octanol–water partition coefficient (Wildman–Crippen LogP) is 2.50. The SMILES string of the molecule is CNC(=O)CCc1ccc(CC2CCN(C(=O)c3cc(C)n(C)n3)CC2)cc1. The van der Waals surface area contributed by atoms with E-state index >= 15 is 0 Å². The number of benzene rings is 1. The maximum Gasteiger partial charge on any atom is 0.274 e. The van der Waals surface area contributed by atoms with Crippen LogP contribution in [-0.2, 0) is 24.7 Å². The zero-order valence-electron chi connectivity index (χ0n) is 17.1. The molecule has 6 nitrogen and oxygen atoms in total. The van der Waals surface area contributed by atoms with Crippen LogP contribution in [0.1, 0.15) is 46.6 Å². The van der Waals surface area contributed by atoms with Gasteiger partial charge >= 0.3 is 0 Å². The van der Waals surface area contributed by atoms with E-state index in [0.29, 0.717) is 18.0 Å². The molecule has 1 aromatic heterocycles. The van der Waals surface area contributed by atoms with Gasteiger partial charge in [0.15, 0.2) is 5.69 Å². The van der Waals surface area contributed by atoms with Crippen LogP contribution in [0.5, 0.6) is 0 Å². The second-order valence-electron chi connectivity index (χ2n) is 7.72. The minimum Gasteiger partial charge on any atom is -0.359 e. The third-order valence-electron chi connectivity index (χ3n) is 5.70. The number of piperidine rings is 1. The van der Waals surface area contributed by atoms with Gasteiger partial charge in [-0.15, -0.1) is 0 Å². The van der Waals surface area contributed by atoms with Crippen molar-refractivity contribution < 1.29 is 9.59 Å². The summed E-state index contributed by atoms with van der Waals surface area (Å²) in [6.07, 6.45) is 4.39. The van der Waals surface area contributed by atoms with Gasteiger partial charge < -0.3 is 10.2 Å². The highest BCUT2D eigenvalue weighted by Crippen LogP contribution is 2.23. The van der Waals surface area contributed by atoms with Crippen LogP contribution in [-0.4, -0.2) is 46.6 Å². The van der Waals surface area contributed by atoms with Gasteiger partial charge in [0.05, 0.1) is 0 Å². The van der Waals surface area contributed by atoms with Crippen LogP contribution in [0.3, 0.4) is 0 Å². The molecule has 1 fully saturated rings. The van der Waals surface area contributed by atoms with E-state index in [2.05, 4.69) is 34.7 Å². The molecule has 1 aliphatic heterocycles. The van der Waals surface area contributed by atoms with Crippen LogP contribution in [0, 0.1) is 12.8 Å². The Kier molecular flexibility index (Phi) is 6.49. The maximum absolute atomic E-state index is 12.6. The van der Waals surface area contributed by atoms with E-state index in [9.17, 15) is 9.59 Å². The largest absolute Gasteiger partial charge is 0.359 e. The molecule has 1 saturated heterocycles. The topological polar surface area (TPSA) is 67.2 Å². The molecule has 0 saturated carbocycles. The quantitative estimate of drug-likeness (QED) is 0.835. The van der Waals surface area contributed by atoms with E-state index in [1.165, 1.54) is 11.1 Å². The number of aromatic nitrogens is 2. The minimum absolute atomic E-state index is 0.0441. The third kappa shape index (κ3) is 5.00. The van der Waals surface area contributed by atoms with Crippen molar-refractivity contribution in [1.29, 1.82) is 0 Å². The van der Waals surface area contributed by atoms with Crippen molar-refractivity contribution in [2.75, 3.05) is 20.1 Å². The molecule has 1 aliphatic rings. The highest BCUT2D eigenvalue weighted by atomic mass is 16.2. The summed E-state index contributed by atoms with van der Waals surface area (Å²) in [5.41, 5.74) is 4.06. The van der Waals surface area contributed by atoms with Crippen molar-refractivity contribution in [1.82, 2.24) is 20.0 Å². The fraction of sp³-hybridized carbons (Fsp3) is 0.500. The number of carbonyl (C=O) groups is 2. The fourth-order valence-corrected chi connectivity index (χ4v) is 3.73. The first-order chi connectivity index (χ1) is 13.5. The zero-order chi connectivity index (χ0) is 20.1. The van der Waals surface area contributed by atoms with Gasteiger partial charge in [0.25, 0.3) is 5.91 Å². The lowest BCUT2D eigenvalue weighted by molar-refractivity contribution is -0.120. The normalized spacial score (nSPS) is 14.9. The first-order valence-electron chi connectivity index (χ1n) is 10.0. The lowest BCUT2D eigenvalue weighted by atomic mass is 9.89. The zero-order valence-corrected chi connectivity index (χ0v) is 17.1. The Morgan fingerprint density at radius 2 is 1.79 bits per heavy atom. The first-order valence-corrected chi connectivity index (χ1v) is 10.0. The molecule has 0 bridgehead atoms. The number of hydrogen-bond donors (Lipinski definition) is 1. The van der Waals surface area contributed by atoms with E-state index in [4.69, 9.17) is 0 Å². The van der Waals surface area contributed by atoms with Crippen molar-refractivity contribution in [2.24, 2.45) is 13.0 Å². The smallest absolute Gasteiger partial charge is 0.274 e. The number of carbonyl (C=O) groups excluding carboxylic acids is 2. The van der Waals surface area contributed by atoms with E-state index in [1.54, 1.807) is 11.7 Å². The van der Waals surface area contributed by atoms with Gasteiger partial charge in [-0.3, -0.25) is 14.3 Å². The molecule has 0 aliphatic carbocycles. The molecule has 1 aromatic carbocycles. The number of nitrogens with zero attached hydrogens (tertiary/aromatic N) is 3. The third-order valence-corrected chi connectivity index (χ3v) is 5.70. The van der Waals surface area contributed by atoms with Crippen molar-refractivity contribution >= 4 is 11.8 Å². The summed E-state index contributed by atoms with van der Waals surface area (Å²) in [6, 6.07) is 10.5. The first kappa shape index (κ1) is 20.1. The van der Waals surface area contributed by atoms with E-state index in [-0.39, 0.29) is 11.8 Å². The Bertz CT molecular complexity index is 798. The highest BCUT2D eigenvalue weighted by Gasteiger charge is 2.25. The Morgan fingerprint density at radius 3 is 2.36 bits per heavy atom. The van der Waals surface area contributed by atoms with Crippen molar-refractivity contribution in [3.8, 4) is 0 Å². The fourth-order valence-electron chi connectivity index (χ4n) is 3.73. The molecular weight excluding hydrogens is 352 g/mol. The number of rotatable bonds is 6. The molecule has 6 heteroatoms. The molecule has 2 amide bonds. The summed E-state index contributed by atoms with van der Waals surface area (Å²) < 4.78 is 1.75. The van der Waals surface area contributed by atoms with E-state index < -0.39 is 0 Å². The summed E-state index contributed by atoms with van der Waals surface area (Å²) in [5, 5.41) is 6.97. The molecule has 28 heavy (non-hydrogen) atoms.